The molecule has 3 aromatic rings. The van der Waals surface area contributed by atoms with Crippen LogP contribution >= 0.6 is 0 Å². The zero-order valence-corrected chi connectivity index (χ0v) is 12.3. The van der Waals surface area contributed by atoms with Gasteiger partial charge in [0.25, 0.3) is 0 Å². The van der Waals surface area contributed by atoms with Crippen molar-refractivity contribution in [2.75, 3.05) is 5.32 Å². The maximum absolute atomic E-state index is 3.82. The van der Waals surface area contributed by atoms with Crippen LogP contribution in [0.5, 0.6) is 0 Å². The first-order valence-electron chi connectivity index (χ1n) is 7.91. The number of anilines is 1. The summed E-state index contributed by atoms with van der Waals surface area (Å²) >= 11 is 0. The van der Waals surface area contributed by atoms with Crippen molar-refractivity contribution in [3.63, 3.8) is 0 Å². The molecule has 1 heterocycles. The molecule has 0 fully saturated rings. The lowest BCUT2D eigenvalue weighted by atomic mass is 9.77. The van der Waals surface area contributed by atoms with Crippen LogP contribution in [0, 0.1) is 0 Å². The molecule has 1 N–H and O–H groups in total. The van der Waals surface area contributed by atoms with Crippen molar-refractivity contribution in [1.82, 2.24) is 0 Å². The van der Waals surface area contributed by atoms with E-state index in [0.29, 0.717) is 0 Å². The Morgan fingerprint density at radius 2 is 1.73 bits per heavy atom. The Labute approximate surface area is 130 Å². The lowest BCUT2D eigenvalue weighted by molar-refractivity contribution is 0.513. The summed E-state index contributed by atoms with van der Waals surface area (Å²) in [5.74, 6) is 0. The highest BCUT2D eigenvalue weighted by molar-refractivity contribution is 5.93. The van der Waals surface area contributed by atoms with E-state index in [4.69, 9.17) is 0 Å². The number of nitrogens with one attached hydrogen (secondary N) is 1. The topological polar surface area (TPSA) is 12.0 Å². The highest BCUT2D eigenvalue weighted by Gasteiger charge is 2.40. The van der Waals surface area contributed by atoms with E-state index in [-0.39, 0.29) is 5.54 Å². The predicted octanol–water partition coefficient (Wildman–Crippen LogP) is 5.12. The molecule has 0 amide bonds. The Morgan fingerprint density at radius 1 is 0.864 bits per heavy atom. The number of fused-ring (bicyclic) bond motifs is 5. The van der Waals surface area contributed by atoms with Gasteiger partial charge in [-0.05, 0) is 39.9 Å². The highest BCUT2D eigenvalue weighted by atomic mass is 15.0. The molecule has 0 saturated carbocycles. The third-order valence-corrected chi connectivity index (χ3v) is 5.12. The second-order valence-corrected chi connectivity index (χ2v) is 6.40. The van der Waals surface area contributed by atoms with E-state index in [0.717, 1.165) is 12.8 Å². The number of benzene rings is 3. The molecular formula is C21H17N. The molecule has 0 bridgehead atoms. The minimum atomic E-state index is 0.0256. The first-order chi connectivity index (χ1) is 10.9. The van der Waals surface area contributed by atoms with Gasteiger partial charge in [-0.3, -0.25) is 0 Å². The molecule has 1 unspecified atom stereocenters. The molecule has 22 heavy (non-hydrogen) atoms. The fourth-order valence-corrected chi connectivity index (χ4v) is 4.09. The third kappa shape index (κ3) is 1.54. The van der Waals surface area contributed by atoms with Crippen LogP contribution in [-0.2, 0) is 12.0 Å². The number of hydrogen-bond acceptors (Lipinski definition) is 1. The third-order valence-electron chi connectivity index (χ3n) is 5.12. The zero-order valence-electron chi connectivity index (χ0n) is 12.3. The average Bonchev–Trinajstić information content (AvgIpc) is 2.93. The summed E-state index contributed by atoms with van der Waals surface area (Å²) in [6, 6.07) is 22.0. The van der Waals surface area contributed by atoms with E-state index in [2.05, 4.69) is 78.1 Å². The van der Waals surface area contributed by atoms with Crippen molar-refractivity contribution in [3.8, 4) is 0 Å². The monoisotopic (exact) mass is 283 g/mol. The Kier molecular flexibility index (Phi) is 2.32. The maximum Gasteiger partial charge on any atom is 0.0706 e. The van der Waals surface area contributed by atoms with Gasteiger partial charge in [0.1, 0.15) is 0 Å². The van der Waals surface area contributed by atoms with E-state index in [9.17, 15) is 0 Å². The fourth-order valence-electron chi connectivity index (χ4n) is 4.09. The predicted molar refractivity (Wildman–Crippen MR) is 93.0 cm³/mol. The zero-order chi connectivity index (χ0) is 14.6. The standard InChI is InChI=1S/C21H17N/c1-3-8-17-15(6-1)11-12-19-18(17)9-5-13-21(19)14-16-7-2-4-10-20(16)22-21/h1-12,22H,13-14H2. The molecule has 0 aromatic heterocycles. The summed E-state index contributed by atoms with van der Waals surface area (Å²) in [5.41, 5.74) is 5.56. The lowest BCUT2D eigenvalue weighted by Gasteiger charge is -2.34. The van der Waals surface area contributed by atoms with Gasteiger partial charge >= 0.3 is 0 Å². The van der Waals surface area contributed by atoms with Gasteiger partial charge in [-0.2, -0.15) is 0 Å². The SMILES string of the molecule is C1=Cc2c(ccc3ccccc23)C2(C1)Cc1ccccc1N2. The van der Waals surface area contributed by atoms with Crippen molar-refractivity contribution in [3.05, 3.63) is 83.4 Å². The molecule has 5 rings (SSSR count). The summed E-state index contributed by atoms with van der Waals surface area (Å²) in [6.07, 6.45) is 6.74. The Morgan fingerprint density at radius 3 is 2.68 bits per heavy atom. The highest BCUT2D eigenvalue weighted by Crippen LogP contribution is 2.46. The summed E-state index contributed by atoms with van der Waals surface area (Å²) in [6.45, 7) is 0. The molecule has 1 heteroatoms. The summed E-state index contributed by atoms with van der Waals surface area (Å²) < 4.78 is 0. The van der Waals surface area contributed by atoms with E-state index in [1.54, 1.807) is 0 Å². The lowest BCUT2D eigenvalue weighted by Crippen LogP contribution is -2.34. The van der Waals surface area contributed by atoms with Gasteiger partial charge in [-0.25, -0.2) is 0 Å². The molecule has 2 aliphatic rings. The van der Waals surface area contributed by atoms with E-state index >= 15 is 0 Å². The normalized spacial score (nSPS) is 21.6. The van der Waals surface area contributed by atoms with Crippen molar-refractivity contribution in [1.29, 1.82) is 0 Å². The smallest absolute Gasteiger partial charge is 0.0706 e. The van der Waals surface area contributed by atoms with Crippen molar-refractivity contribution >= 4 is 22.5 Å². The summed E-state index contributed by atoms with van der Waals surface area (Å²) in [7, 11) is 0. The average molecular weight is 283 g/mol. The van der Waals surface area contributed by atoms with Crippen LogP contribution in [0.3, 0.4) is 0 Å². The van der Waals surface area contributed by atoms with Gasteiger partial charge in [0.2, 0.25) is 0 Å². The molecule has 1 nitrogen and oxygen atoms in total. The van der Waals surface area contributed by atoms with Crippen molar-refractivity contribution < 1.29 is 0 Å². The minimum Gasteiger partial charge on any atom is -0.375 e. The van der Waals surface area contributed by atoms with Crippen LogP contribution in [0.1, 0.15) is 23.1 Å². The van der Waals surface area contributed by atoms with E-state index in [1.165, 1.54) is 33.2 Å². The van der Waals surface area contributed by atoms with E-state index in [1.807, 2.05) is 0 Å². The second kappa shape index (κ2) is 4.23. The van der Waals surface area contributed by atoms with Gasteiger partial charge in [0.05, 0.1) is 5.54 Å². The van der Waals surface area contributed by atoms with Crippen LogP contribution in [0.25, 0.3) is 16.8 Å². The molecular weight excluding hydrogens is 266 g/mol. The first-order valence-corrected chi connectivity index (χ1v) is 7.91. The van der Waals surface area contributed by atoms with Gasteiger partial charge in [-0.1, -0.05) is 66.7 Å². The van der Waals surface area contributed by atoms with Crippen LogP contribution in [0.4, 0.5) is 5.69 Å². The molecule has 3 aromatic carbocycles. The molecule has 1 spiro atoms. The van der Waals surface area contributed by atoms with Crippen molar-refractivity contribution in [2.45, 2.75) is 18.4 Å². The molecule has 0 saturated heterocycles. The fraction of sp³-hybridized carbons (Fsp3) is 0.143. The van der Waals surface area contributed by atoms with E-state index < -0.39 is 0 Å². The van der Waals surface area contributed by atoms with Gasteiger partial charge < -0.3 is 5.32 Å². The molecule has 1 aliphatic heterocycles. The van der Waals surface area contributed by atoms with Gasteiger partial charge in [-0.15, -0.1) is 0 Å². The maximum atomic E-state index is 3.82. The van der Waals surface area contributed by atoms with Crippen LogP contribution in [0.15, 0.2) is 66.7 Å². The Hall–Kier alpha value is -2.54. The number of rotatable bonds is 0. The molecule has 1 aliphatic carbocycles. The molecule has 106 valence electrons. The molecule has 1 atom stereocenters. The van der Waals surface area contributed by atoms with Crippen LogP contribution < -0.4 is 5.32 Å². The van der Waals surface area contributed by atoms with Gasteiger partial charge in [0.15, 0.2) is 0 Å². The van der Waals surface area contributed by atoms with Crippen molar-refractivity contribution in [2.24, 2.45) is 0 Å². The second-order valence-electron chi connectivity index (χ2n) is 6.40. The number of para-hydroxylation sites is 1. The van der Waals surface area contributed by atoms with Crippen LogP contribution in [-0.4, -0.2) is 0 Å². The Balaban J connectivity index is 1.74. The first kappa shape index (κ1) is 12.0. The molecule has 0 radical (unpaired) electrons. The van der Waals surface area contributed by atoms with Gasteiger partial charge in [0, 0.05) is 12.1 Å². The van der Waals surface area contributed by atoms with Crippen LogP contribution in [0.2, 0.25) is 0 Å². The largest absolute Gasteiger partial charge is 0.375 e. The Bertz CT molecular complexity index is 895. The minimum absolute atomic E-state index is 0.0256. The number of hydrogen-bond donors (Lipinski definition) is 1. The quantitative estimate of drug-likeness (QED) is 0.604. The summed E-state index contributed by atoms with van der Waals surface area (Å²) in [4.78, 5) is 0. The summed E-state index contributed by atoms with van der Waals surface area (Å²) in [5, 5.41) is 6.49.